The largest absolute Gasteiger partial charge is 0.462 e. The summed E-state index contributed by atoms with van der Waals surface area (Å²) in [7, 11) is 0. The van der Waals surface area contributed by atoms with Gasteiger partial charge in [-0.1, -0.05) is 123 Å². The van der Waals surface area contributed by atoms with Crippen molar-refractivity contribution < 1.29 is 29.3 Å². The smallest absolute Gasteiger partial charge is 0.335 e. The first kappa shape index (κ1) is 34.5. The molecule has 2 saturated carbocycles. The number of hydrogen-bond donors (Lipinski definition) is 2. The second-order valence-corrected chi connectivity index (χ2v) is 12.7. The van der Waals surface area contributed by atoms with Crippen molar-refractivity contribution in [1.29, 1.82) is 0 Å². The monoisotopic (exact) mass is 562 g/mol. The molecule has 0 amide bonds. The summed E-state index contributed by atoms with van der Waals surface area (Å²) in [5.74, 6) is 2.09. The van der Waals surface area contributed by atoms with Crippen molar-refractivity contribution in [3.8, 4) is 0 Å². The van der Waals surface area contributed by atoms with Gasteiger partial charge in [-0.25, -0.2) is 9.59 Å². The van der Waals surface area contributed by atoms with Crippen LogP contribution in [0.15, 0.2) is 24.3 Å². The van der Waals surface area contributed by atoms with E-state index < -0.39 is 25.2 Å². The highest BCUT2D eigenvalue weighted by atomic mass is 16.5. The topological polar surface area (TPSA) is 93.1 Å². The fourth-order valence-corrected chi connectivity index (χ4v) is 6.57. The minimum absolute atomic E-state index is 0.00732. The van der Waals surface area contributed by atoms with Crippen LogP contribution in [0.2, 0.25) is 0 Å². The van der Waals surface area contributed by atoms with Crippen molar-refractivity contribution in [2.75, 3.05) is 26.4 Å². The van der Waals surface area contributed by atoms with Gasteiger partial charge < -0.3 is 19.7 Å². The Balaban J connectivity index is 1.61. The van der Waals surface area contributed by atoms with E-state index in [9.17, 15) is 9.59 Å². The summed E-state index contributed by atoms with van der Waals surface area (Å²) in [4.78, 5) is 23.9. The molecule has 0 spiro atoms. The van der Waals surface area contributed by atoms with E-state index in [1.807, 2.05) is 0 Å². The van der Waals surface area contributed by atoms with Crippen LogP contribution < -0.4 is 0 Å². The summed E-state index contributed by atoms with van der Waals surface area (Å²) in [5.41, 5.74) is 0.0146. The molecule has 0 atom stereocenters. The molecule has 0 heterocycles. The van der Waals surface area contributed by atoms with Crippen LogP contribution in [0.5, 0.6) is 0 Å². The van der Waals surface area contributed by atoms with Gasteiger partial charge in [0.15, 0.2) is 0 Å². The maximum atomic E-state index is 11.9. The van der Waals surface area contributed by atoms with Gasteiger partial charge in [-0.15, -0.1) is 0 Å². The fourth-order valence-electron chi connectivity index (χ4n) is 6.57. The third kappa shape index (κ3) is 13.8. The molecule has 6 heteroatoms. The highest BCUT2D eigenvalue weighted by Gasteiger charge is 2.24. The lowest BCUT2D eigenvalue weighted by Crippen LogP contribution is -2.24. The summed E-state index contributed by atoms with van der Waals surface area (Å²) in [6, 6.07) is 0. The highest BCUT2D eigenvalue weighted by Crippen LogP contribution is 2.37. The van der Waals surface area contributed by atoms with Gasteiger partial charge in [-0.3, -0.25) is 0 Å². The Hall–Kier alpha value is -1.66. The number of rotatable bonds is 20. The number of aliphatic hydroxyl groups is 2. The number of hydrogen-bond acceptors (Lipinski definition) is 6. The normalized spacial score (nSPS) is 23.1. The lowest BCUT2D eigenvalue weighted by molar-refractivity contribution is -0.144. The Morgan fingerprint density at radius 3 is 1.35 bits per heavy atom. The van der Waals surface area contributed by atoms with Crippen LogP contribution in [0.3, 0.4) is 0 Å². The molecule has 6 nitrogen and oxygen atoms in total. The van der Waals surface area contributed by atoms with Gasteiger partial charge in [-0.05, 0) is 36.5 Å². The van der Waals surface area contributed by atoms with Crippen molar-refractivity contribution in [3.63, 3.8) is 0 Å². The summed E-state index contributed by atoms with van der Waals surface area (Å²) < 4.78 is 10.6. The highest BCUT2D eigenvalue weighted by molar-refractivity contribution is 5.88. The minimum atomic E-state index is -0.630. The first-order chi connectivity index (χ1) is 19.4. The molecular formula is C34H58O6. The predicted molar refractivity (Wildman–Crippen MR) is 161 cm³/mol. The first-order valence-electron chi connectivity index (χ1n) is 16.3. The Morgan fingerprint density at radius 1 is 0.650 bits per heavy atom. The van der Waals surface area contributed by atoms with Crippen LogP contribution in [0.25, 0.3) is 0 Å². The number of carbonyl (C=O) groups excluding carboxylic acids is 2. The van der Waals surface area contributed by atoms with Crippen molar-refractivity contribution >= 4 is 11.9 Å². The van der Waals surface area contributed by atoms with Crippen molar-refractivity contribution in [2.24, 2.45) is 29.6 Å². The van der Waals surface area contributed by atoms with Crippen molar-refractivity contribution in [3.05, 3.63) is 24.3 Å². The third-order valence-electron chi connectivity index (χ3n) is 9.47. The van der Waals surface area contributed by atoms with Crippen molar-refractivity contribution in [2.45, 2.75) is 122 Å². The Morgan fingerprint density at radius 2 is 1.00 bits per heavy atom. The Bertz CT molecular complexity index is 714. The zero-order chi connectivity index (χ0) is 29.2. The van der Waals surface area contributed by atoms with Gasteiger partial charge in [0.25, 0.3) is 0 Å². The summed E-state index contributed by atoms with van der Waals surface area (Å²) in [6.45, 7) is 8.61. The van der Waals surface area contributed by atoms with Crippen molar-refractivity contribution in [1.82, 2.24) is 0 Å². The van der Waals surface area contributed by atoms with E-state index in [0.29, 0.717) is 5.92 Å². The van der Waals surface area contributed by atoms with Crippen LogP contribution >= 0.6 is 0 Å². The van der Waals surface area contributed by atoms with E-state index in [-0.39, 0.29) is 30.3 Å². The lowest BCUT2D eigenvalue weighted by Gasteiger charge is -2.30. The molecule has 0 aliphatic heterocycles. The molecule has 2 aliphatic carbocycles. The van der Waals surface area contributed by atoms with E-state index in [1.165, 1.54) is 103 Å². The van der Waals surface area contributed by atoms with Crippen LogP contribution in [-0.4, -0.2) is 48.6 Å². The molecule has 2 fully saturated rings. The van der Waals surface area contributed by atoms with Crippen LogP contribution in [0.4, 0.5) is 0 Å². The fraction of sp³-hybridized carbons (Fsp3) is 0.824. The molecular weight excluding hydrogens is 504 g/mol. The van der Waals surface area contributed by atoms with Crippen LogP contribution in [-0.2, 0) is 19.1 Å². The third-order valence-corrected chi connectivity index (χ3v) is 9.47. The number of carbonyl (C=O) groups is 2. The zero-order valence-corrected chi connectivity index (χ0v) is 25.4. The second-order valence-electron chi connectivity index (χ2n) is 12.7. The van der Waals surface area contributed by atoms with Crippen LogP contribution in [0.1, 0.15) is 122 Å². The predicted octanol–water partition coefficient (Wildman–Crippen LogP) is 7.32. The molecule has 0 saturated heterocycles. The van der Waals surface area contributed by atoms with E-state index in [1.54, 1.807) is 0 Å². The molecule has 2 N–H and O–H groups in total. The number of aliphatic hydroxyl groups excluding tert-OH is 2. The van der Waals surface area contributed by atoms with Gasteiger partial charge in [0, 0.05) is 5.92 Å². The quantitative estimate of drug-likeness (QED) is 0.0917. The summed E-state index contributed by atoms with van der Waals surface area (Å²) >= 11 is 0. The number of ether oxygens (including phenoxy) is 2. The zero-order valence-electron chi connectivity index (χ0n) is 25.4. The SMILES string of the molecule is C=C(CO)C(=O)OCC(CCC1CCC(CCCCC2CCC(CCCCC)CC2)CC1)COC(=O)C(=C)CO. The molecule has 2 rings (SSSR count). The maximum absolute atomic E-state index is 11.9. The van der Waals surface area contributed by atoms with E-state index >= 15 is 0 Å². The van der Waals surface area contributed by atoms with Gasteiger partial charge >= 0.3 is 11.9 Å². The average Bonchev–Trinajstić information content (AvgIpc) is 2.99. The Kier molecular flexibility index (Phi) is 17.5. The lowest BCUT2D eigenvalue weighted by atomic mass is 9.76. The molecule has 0 aromatic carbocycles. The van der Waals surface area contributed by atoms with E-state index in [0.717, 1.165) is 30.6 Å². The van der Waals surface area contributed by atoms with E-state index in [2.05, 4.69) is 20.1 Å². The summed E-state index contributed by atoms with van der Waals surface area (Å²) in [5, 5.41) is 18.2. The minimum Gasteiger partial charge on any atom is -0.462 e. The molecule has 0 aromatic heterocycles. The maximum Gasteiger partial charge on any atom is 0.335 e. The molecule has 2 aliphatic rings. The number of esters is 2. The van der Waals surface area contributed by atoms with Gasteiger partial charge in [0.05, 0.1) is 37.6 Å². The number of unbranched alkanes of at least 4 members (excludes halogenated alkanes) is 3. The molecule has 40 heavy (non-hydrogen) atoms. The Labute approximate surface area is 244 Å². The molecule has 0 bridgehead atoms. The molecule has 0 aromatic rings. The standard InChI is InChI=1S/C34H58O6/c1-4-5-6-9-28-12-14-29(15-13-28)10-7-8-11-30-16-18-31(19-17-30)20-21-32(24-39-33(37)26(2)22-35)25-40-34(38)27(3)23-36/h28-32,35-36H,2-25H2,1H3. The summed E-state index contributed by atoms with van der Waals surface area (Å²) in [6.07, 6.45) is 24.0. The van der Waals surface area contributed by atoms with E-state index in [4.69, 9.17) is 19.7 Å². The second kappa shape index (κ2) is 20.3. The van der Waals surface area contributed by atoms with Gasteiger partial charge in [-0.2, -0.15) is 0 Å². The molecule has 0 unspecified atom stereocenters. The molecule has 230 valence electrons. The first-order valence-corrected chi connectivity index (χ1v) is 16.3. The molecule has 0 radical (unpaired) electrons. The van der Waals surface area contributed by atoms with Gasteiger partial charge in [0.1, 0.15) is 0 Å². The van der Waals surface area contributed by atoms with Gasteiger partial charge in [0.2, 0.25) is 0 Å². The average molecular weight is 563 g/mol. The van der Waals surface area contributed by atoms with Crippen LogP contribution in [0, 0.1) is 29.6 Å².